The molecule has 0 aliphatic carbocycles. The molecule has 4 rings (SSSR count). The highest BCUT2D eigenvalue weighted by atomic mass is 35.7. The molecule has 0 bridgehead atoms. The summed E-state index contributed by atoms with van der Waals surface area (Å²) in [6, 6.07) is 12.5. The van der Waals surface area contributed by atoms with Crippen LogP contribution in [0.3, 0.4) is 0 Å². The van der Waals surface area contributed by atoms with Gasteiger partial charge in [0.1, 0.15) is 0 Å². The number of anilines is 2. The van der Waals surface area contributed by atoms with E-state index in [-0.39, 0.29) is 33.4 Å². The first-order valence-electron chi connectivity index (χ1n) is 12.1. The number of nitrogens with zero attached hydrogens (tertiary/aromatic N) is 2. The molecule has 2 atom stereocenters. The molecule has 12 heteroatoms. The van der Waals surface area contributed by atoms with Crippen molar-refractivity contribution < 1.29 is 26.4 Å². The lowest BCUT2D eigenvalue weighted by Crippen LogP contribution is -2.26. The summed E-state index contributed by atoms with van der Waals surface area (Å²) in [7, 11) is -0.514. The van der Waals surface area contributed by atoms with E-state index in [0.29, 0.717) is 13.1 Å². The Hall–Kier alpha value is -2.47. The van der Waals surface area contributed by atoms with Gasteiger partial charge < -0.3 is 9.80 Å². The fourth-order valence-corrected chi connectivity index (χ4v) is 5.96. The number of hydrogen-bond acceptors (Lipinski definition) is 6. The highest BCUT2D eigenvalue weighted by Crippen LogP contribution is 2.29. The molecule has 2 aromatic carbocycles. The number of carbonyl (C=O) groups excluding carboxylic acids is 2. The third kappa shape index (κ3) is 6.70. The van der Waals surface area contributed by atoms with E-state index in [1.165, 1.54) is 31.3 Å². The zero-order valence-corrected chi connectivity index (χ0v) is 23.4. The lowest BCUT2D eigenvalue weighted by atomic mass is 10.1. The first-order valence-corrected chi connectivity index (χ1v) is 15.9. The molecule has 0 saturated carbocycles. The molecule has 2 fully saturated rings. The van der Waals surface area contributed by atoms with Crippen LogP contribution in [0.25, 0.3) is 0 Å². The van der Waals surface area contributed by atoms with E-state index >= 15 is 0 Å². The lowest BCUT2D eigenvalue weighted by molar-refractivity contribution is -0.121. The molecule has 2 unspecified atom stereocenters. The van der Waals surface area contributed by atoms with Gasteiger partial charge in [-0.25, -0.2) is 21.6 Å². The lowest BCUT2D eigenvalue weighted by Gasteiger charge is -2.17. The van der Waals surface area contributed by atoms with Gasteiger partial charge in [0.25, 0.3) is 9.05 Å². The maximum atomic E-state index is 12.1. The minimum absolute atomic E-state index is 0.0478. The Morgan fingerprint density at radius 1 is 0.757 bits per heavy atom. The smallest absolute Gasteiger partial charge is 0.261 e. The molecule has 2 aromatic rings. The Kier molecular flexibility index (Phi) is 9.38. The van der Waals surface area contributed by atoms with E-state index in [1.807, 2.05) is 13.8 Å². The normalized spacial score (nSPS) is 20.2. The molecule has 0 spiro atoms. The average molecular weight is 570 g/mol. The summed E-state index contributed by atoms with van der Waals surface area (Å²) in [5.41, 5.74) is 1.48. The molecule has 2 aliphatic rings. The minimum atomic E-state index is -3.70. The molecule has 2 heterocycles. The van der Waals surface area contributed by atoms with Gasteiger partial charge in [-0.05, 0) is 81.3 Å². The summed E-state index contributed by atoms with van der Waals surface area (Å²) >= 11 is 0. The second-order valence-electron chi connectivity index (χ2n) is 8.90. The summed E-state index contributed by atoms with van der Waals surface area (Å²) in [6.07, 6.45) is 3.40. The number of benzene rings is 2. The predicted molar refractivity (Wildman–Crippen MR) is 144 cm³/mol. The monoisotopic (exact) mass is 569 g/mol. The molecule has 9 nitrogen and oxygen atoms in total. The van der Waals surface area contributed by atoms with Crippen molar-refractivity contribution in [3.8, 4) is 0 Å². The van der Waals surface area contributed by atoms with Gasteiger partial charge in [0.2, 0.25) is 21.8 Å². The van der Waals surface area contributed by atoms with E-state index in [0.717, 1.165) is 37.1 Å². The van der Waals surface area contributed by atoms with Crippen molar-refractivity contribution in [1.29, 1.82) is 0 Å². The molecular formula is C25H32ClN3O6S2. The summed E-state index contributed by atoms with van der Waals surface area (Å²) in [5, 5.41) is 0. The predicted octanol–water partition coefficient (Wildman–Crippen LogP) is 3.73. The van der Waals surface area contributed by atoms with Gasteiger partial charge in [-0.3, -0.25) is 9.59 Å². The van der Waals surface area contributed by atoms with Crippen LogP contribution < -0.4 is 14.5 Å². The van der Waals surface area contributed by atoms with Crippen LogP contribution in [0.4, 0.5) is 11.4 Å². The average Bonchev–Trinajstić information content (AvgIpc) is 3.45. The van der Waals surface area contributed by atoms with E-state index in [1.54, 1.807) is 34.1 Å². The van der Waals surface area contributed by atoms with Crippen LogP contribution >= 0.6 is 10.7 Å². The first kappa shape index (κ1) is 29.1. The van der Waals surface area contributed by atoms with Crippen LogP contribution in [-0.2, 0) is 28.7 Å². The topological polar surface area (TPSA) is 121 Å². The highest BCUT2D eigenvalue weighted by Gasteiger charge is 2.32. The number of nitrogens with one attached hydrogen (secondary N) is 1. The summed E-state index contributed by atoms with van der Waals surface area (Å²) in [6.45, 7) is 5.39. The standard InChI is InChI=1S/C13H18N2O3S.C12H14ClNO3S/c1-3-10-8-9-15(13(10)16)11-4-6-12(7-5-11)19(17,18)14-2;1-2-9-7-8-14(12(9)15)10-3-5-11(6-4-10)18(13,16)17/h4-7,10,14H,3,8-9H2,1-2H3;3-6,9H,2,7-8H2,1H3. The largest absolute Gasteiger partial charge is 0.312 e. The fourth-order valence-electron chi connectivity index (χ4n) is 4.46. The van der Waals surface area contributed by atoms with Crippen LogP contribution in [0.2, 0.25) is 0 Å². The number of carbonyl (C=O) groups is 2. The van der Waals surface area contributed by atoms with Gasteiger partial charge in [0.05, 0.1) is 9.79 Å². The van der Waals surface area contributed by atoms with Crippen molar-refractivity contribution in [3.05, 3.63) is 48.5 Å². The number of amides is 2. The molecule has 1 N–H and O–H groups in total. The van der Waals surface area contributed by atoms with Gasteiger partial charge in [-0.15, -0.1) is 0 Å². The second-order valence-corrected chi connectivity index (χ2v) is 13.4. The van der Waals surface area contributed by atoms with Crippen molar-refractivity contribution in [2.75, 3.05) is 29.9 Å². The van der Waals surface area contributed by atoms with Crippen molar-refractivity contribution >= 4 is 52.9 Å². The molecule has 0 aromatic heterocycles. The van der Waals surface area contributed by atoms with Gasteiger partial charge in [-0.2, -0.15) is 0 Å². The van der Waals surface area contributed by atoms with Crippen LogP contribution in [0.15, 0.2) is 58.3 Å². The Balaban J connectivity index is 0.000000206. The van der Waals surface area contributed by atoms with E-state index in [4.69, 9.17) is 10.7 Å². The number of hydrogen-bond donors (Lipinski definition) is 1. The Morgan fingerprint density at radius 3 is 1.43 bits per heavy atom. The van der Waals surface area contributed by atoms with Gasteiger partial charge in [0, 0.05) is 47.0 Å². The van der Waals surface area contributed by atoms with E-state index in [2.05, 4.69) is 4.72 Å². The van der Waals surface area contributed by atoms with Gasteiger partial charge >= 0.3 is 0 Å². The molecule has 202 valence electrons. The maximum absolute atomic E-state index is 12.1. The highest BCUT2D eigenvalue weighted by molar-refractivity contribution is 8.13. The number of halogens is 1. The third-order valence-electron chi connectivity index (χ3n) is 6.78. The Bertz CT molecular complexity index is 1330. The van der Waals surface area contributed by atoms with Gasteiger partial charge in [0.15, 0.2) is 0 Å². The molecule has 0 radical (unpaired) electrons. The minimum Gasteiger partial charge on any atom is -0.312 e. The van der Waals surface area contributed by atoms with E-state index in [9.17, 15) is 26.4 Å². The maximum Gasteiger partial charge on any atom is 0.261 e. The molecular weight excluding hydrogens is 538 g/mol. The zero-order valence-electron chi connectivity index (χ0n) is 21.1. The molecule has 2 amide bonds. The van der Waals surface area contributed by atoms with E-state index < -0.39 is 19.1 Å². The Morgan fingerprint density at radius 2 is 1.14 bits per heavy atom. The quantitative estimate of drug-likeness (QED) is 0.507. The van der Waals surface area contributed by atoms with Crippen molar-refractivity contribution in [2.45, 2.75) is 49.3 Å². The van der Waals surface area contributed by atoms with Crippen molar-refractivity contribution in [3.63, 3.8) is 0 Å². The van der Waals surface area contributed by atoms with Crippen LogP contribution in [0, 0.1) is 11.8 Å². The fraction of sp³-hybridized carbons (Fsp3) is 0.440. The van der Waals surface area contributed by atoms with Crippen LogP contribution in [-0.4, -0.2) is 48.8 Å². The summed E-state index contributed by atoms with van der Waals surface area (Å²) in [5.74, 6) is 0.424. The number of rotatable bonds is 7. The molecule has 37 heavy (non-hydrogen) atoms. The Labute approximate surface area is 223 Å². The van der Waals surface area contributed by atoms with Crippen LogP contribution in [0.5, 0.6) is 0 Å². The summed E-state index contributed by atoms with van der Waals surface area (Å²) < 4.78 is 47.7. The van der Waals surface area contributed by atoms with Gasteiger partial charge in [-0.1, -0.05) is 13.8 Å². The first-order chi connectivity index (χ1) is 17.4. The SMILES string of the molecule is CCC1CCN(c2ccc(S(=O)(=O)Cl)cc2)C1=O.CCC1CCN(c2ccc(S(=O)(=O)NC)cc2)C1=O. The molecule has 2 aliphatic heterocycles. The second kappa shape index (κ2) is 11.9. The zero-order chi connectivity index (χ0) is 27.4. The summed E-state index contributed by atoms with van der Waals surface area (Å²) in [4.78, 5) is 27.7. The van der Waals surface area contributed by atoms with Crippen LogP contribution in [0.1, 0.15) is 39.5 Å². The molecule has 2 saturated heterocycles. The van der Waals surface area contributed by atoms with Crippen molar-refractivity contribution in [1.82, 2.24) is 4.72 Å². The number of sulfonamides is 1. The van der Waals surface area contributed by atoms with Crippen molar-refractivity contribution in [2.24, 2.45) is 11.8 Å². The third-order valence-corrected chi connectivity index (χ3v) is 9.58.